The van der Waals surface area contributed by atoms with Crippen molar-refractivity contribution in [3.63, 3.8) is 0 Å². The van der Waals surface area contributed by atoms with Crippen LogP contribution in [0.2, 0.25) is 0 Å². The smallest absolute Gasteiger partial charge is 0.119 e. The molecule has 1 atom stereocenters. The predicted octanol–water partition coefficient (Wildman–Crippen LogP) is 1.75. The third-order valence-corrected chi connectivity index (χ3v) is 6.34. The molecule has 5 aliphatic rings. The first-order valence-electron chi connectivity index (χ1n) is 10.2. The Morgan fingerprint density at radius 2 is 1.85 bits per heavy atom. The molecule has 0 unspecified atom stereocenters. The van der Waals surface area contributed by atoms with E-state index in [2.05, 4.69) is 50.8 Å². The quantitative estimate of drug-likeness (QED) is 0.785. The lowest BCUT2D eigenvalue weighted by Crippen LogP contribution is -2.48. The second kappa shape index (κ2) is 6.23. The zero-order chi connectivity index (χ0) is 17.8. The molecule has 0 amide bonds. The molecule has 0 bridgehead atoms. The van der Waals surface area contributed by atoms with Crippen molar-refractivity contribution in [3.05, 3.63) is 64.1 Å². The minimum Gasteiger partial charge on any atom is -0.372 e. The zero-order valence-electron chi connectivity index (χ0n) is 15.6. The molecule has 5 heteroatoms. The summed E-state index contributed by atoms with van der Waals surface area (Å²) in [5.74, 6) is 1.37. The molecule has 140 valence electrons. The number of anilines is 1. The fraction of sp³-hybridized carbons (Fsp3) is 0.455. The Morgan fingerprint density at radius 3 is 2.70 bits per heavy atom. The molecule has 5 aliphatic heterocycles. The van der Waals surface area contributed by atoms with Gasteiger partial charge in [0.15, 0.2) is 0 Å². The first-order chi connectivity index (χ1) is 13.4. The molecule has 5 nitrogen and oxygen atoms in total. The zero-order valence-corrected chi connectivity index (χ0v) is 15.6. The molecule has 1 aromatic carbocycles. The van der Waals surface area contributed by atoms with Gasteiger partial charge in [-0.1, -0.05) is 24.3 Å². The molecule has 1 aromatic rings. The van der Waals surface area contributed by atoms with Crippen LogP contribution in [0.1, 0.15) is 12.0 Å². The van der Waals surface area contributed by atoms with E-state index >= 15 is 0 Å². The molecule has 3 fully saturated rings. The number of nitrogens with zero attached hydrogens (tertiary/aromatic N) is 2. The minimum absolute atomic E-state index is 0.486. The highest BCUT2D eigenvalue weighted by atomic mass is 16.5. The number of ether oxygens (including phenoxy) is 1. The monoisotopic (exact) mass is 362 g/mol. The fourth-order valence-electron chi connectivity index (χ4n) is 5.00. The highest BCUT2D eigenvalue weighted by molar-refractivity contribution is 5.74. The van der Waals surface area contributed by atoms with Crippen LogP contribution in [0.25, 0.3) is 0 Å². The van der Waals surface area contributed by atoms with E-state index in [-0.39, 0.29) is 0 Å². The van der Waals surface area contributed by atoms with E-state index in [0.717, 1.165) is 58.8 Å². The molecule has 27 heavy (non-hydrogen) atoms. The molecule has 0 aromatic heterocycles. The molecule has 0 radical (unpaired) electrons. The van der Waals surface area contributed by atoms with Crippen LogP contribution in [0.3, 0.4) is 0 Å². The molecule has 0 aliphatic carbocycles. The summed E-state index contributed by atoms with van der Waals surface area (Å²) in [5.41, 5.74) is 8.54. The number of nitrogens with one attached hydrogen (secondary N) is 2. The maximum absolute atomic E-state index is 6.01. The van der Waals surface area contributed by atoms with Gasteiger partial charge in [-0.05, 0) is 30.0 Å². The van der Waals surface area contributed by atoms with Crippen molar-refractivity contribution in [3.8, 4) is 0 Å². The van der Waals surface area contributed by atoms with Gasteiger partial charge in [0.2, 0.25) is 0 Å². The topological polar surface area (TPSA) is 49.7 Å². The van der Waals surface area contributed by atoms with E-state index in [1.807, 2.05) is 0 Å². The Balaban J connectivity index is 1.60. The number of aryl methyl sites for hydroxylation is 1. The van der Waals surface area contributed by atoms with Crippen LogP contribution in [0.4, 0.5) is 5.69 Å². The second-order valence-electron chi connectivity index (χ2n) is 7.98. The summed E-state index contributed by atoms with van der Waals surface area (Å²) in [6.45, 7) is 6.76. The second-order valence-corrected chi connectivity index (χ2v) is 7.98. The summed E-state index contributed by atoms with van der Waals surface area (Å²) >= 11 is 0. The minimum atomic E-state index is 0.486. The number of hydrogen-bond donors (Lipinski definition) is 2. The van der Waals surface area contributed by atoms with Crippen molar-refractivity contribution in [2.75, 3.05) is 50.8 Å². The van der Waals surface area contributed by atoms with Gasteiger partial charge in [-0.15, -0.1) is 0 Å². The van der Waals surface area contributed by atoms with Gasteiger partial charge in [0, 0.05) is 55.6 Å². The van der Waals surface area contributed by atoms with Crippen LogP contribution < -0.4 is 15.5 Å². The summed E-state index contributed by atoms with van der Waals surface area (Å²) in [7, 11) is 0. The average Bonchev–Trinajstić information content (AvgIpc) is 3.47. The number of piperazine rings is 1. The van der Waals surface area contributed by atoms with Gasteiger partial charge < -0.3 is 20.3 Å². The van der Waals surface area contributed by atoms with E-state index < -0.39 is 0 Å². The van der Waals surface area contributed by atoms with Gasteiger partial charge in [0.25, 0.3) is 0 Å². The van der Waals surface area contributed by atoms with Gasteiger partial charge >= 0.3 is 0 Å². The predicted molar refractivity (Wildman–Crippen MR) is 106 cm³/mol. The Labute approximate surface area is 160 Å². The van der Waals surface area contributed by atoms with Crippen molar-refractivity contribution < 1.29 is 4.74 Å². The lowest BCUT2D eigenvalue weighted by molar-refractivity contribution is 0.212. The van der Waals surface area contributed by atoms with Gasteiger partial charge in [0.1, 0.15) is 5.82 Å². The van der Waals surface area contributed by atoms with Crippen LogP contribution in [0.15, 0.2) is 58.6 Å². The summed E-state index contributed by atoms with van der Waals surface area (Å²) < 4.78 is 6.01. The molecule has 2 N–H and O–H groups in total. The normalized spacial score (nSPS) is 27.1. The Morgan fingerprint density at radius 1 is 1.04 bits per heavy atom. The van der Waals surface area contributed by atoms with Crippen molar-refractivity contribution in [1.29, 1.82) is 0 Å². The first-order valence-corrected chi connectivity index (χ1v) is 10.2. The molecule has 6 rings (SSSR count). The van der Waals surface area contributed by atoms with E-state index in [9.17, 15) is 0 Å². The molecule has 5 heterocycles. The van der Waals surface area contributed by atoms with Crippen LogP contribution >= 0.6 is 0 Å². The molecular weight excluding hydrogens is 336 g/mol. The number of benzene rings is 1. The average molecular weight is 362 g/mol. The number of hydrogen-bond acceptors (Lipinski definition) is 5. The van der Waals surface area contributed by atoms with E-state index in [1.54, 1.807) is 0 Å². The highest BCUT2D eigenvalue weighted by Crippen LogP contribution is 2.46. The lowest BCUT2D eigenvalue weighted by Gasteiger charge is -2.43. The van der Waals surface area contributed by atoms with Crippen molar-refractivity contribution in [1.82, 2.24) is 15.5 Å². The highest BCUT2D eigenvalue weighted by Gasteiger charge is 2.43. The Kier molecular flexibility index (Phi) is 3.67. The summed E-state index contributed by atoms with van der Waals surface area (Å²) in [6.07, 6.45) is 4.68. The van der Waals surface area contributed by atoms with Gasteiger partial charge in [-0.2, -0.15) is 0 Å². The van der Waals surface area contributed by atoms with Crippen LogP contribution in [0, 0.1) is 0 Å². The Hall–Kier alpha value is -2.08. The standard InChI is InChI=1S/C22H26N4O/c1-2-6-19-15(4-1)5-3-7-20-21(18-12-24-18)16-13-27-14-17(16)22(26(19)20)25-10-8-23-9-11-25/h1-2,4,6-7,18,23-24H,3,5,8-14H2/t18-/m1/s1. The van der Waals surface area contributed by atoms with Crippen molar-refractivity contribution >= 4 is 5.69 Å². The third-order valence-electron chi connectivity index (χ3n) is 6.34. The van der Waals surface area contributed by atoms with Gasteiger partial charge in [-0.25, -0.2) is 0 Å². The maximum Gasteiger partial charge on any atom is 0.119 e. The molecule has 3 saturated heterocycles. The van der Waals surface area contributed by atoms with Gasteiger partial charge in [-0.3, -0.25) is 4.90 Å². The van der Waals surface area contributed by atoms with Crippen molar-refractivity contribution in [2.24, 2.45) is 0 Å². The number of rotatable bonds is 2. The SMILES string of the molecule is C1=C2C([C@H]3CN3)=C3COCC3=C(N3CCNCC3)N2c2ccccc2CC1. The maximum atomic E-state index is 6.01. The van der Waals surface area contributed by atoms with E-state index in [4.69, 9.17) is 4.74 Å². The fourth-order valence-corrected chi connectivity index (χ4v) is 5.00. The van der Waals surface area contributed by atoms with E-state index in [1.165, 1.54) is 39.5 Å². The van der Waals surface area contributed by atoms with Crippen LogP contribution in [0.5, 0.6) is 0 Å². The molecular formula is C22H26N4O. The summed E-state index contributed by atoms with van der Waals surface area (Å²) in [4.78, 5) is 5.14. The lowest BCUT2D eigenvalue weighted by atomic mass is 9.91. The summed E-state index contributed by atoms with van der Waals surface area (Å²) in [6, 6.07) is 9.44. The van der Waals surface area contributed by atoms with E-state index in [0.29, 0.717) is 6.04 Å². The number of allylic oxidation sites excluding steroid dienone is 1. The number of para-hydroxylation sites is 1. The third kappa shape index (κ3) is 2.49. The van der Waals surface area contributed by atoms with Gasteiger partial charge in [0.05, 0.1) is 18.9 Å². The largest absolute Gasteiger partial charge is 0.372 e. The Bertz CT molecular complexity index is 874. The molecule has 0 saturated carbocycles. The van der Waals surface area contributed by atoms with Crippen LogP contribution in [-0.2, 0) is 11.2 Å². The number of fused-ring (bicyclic) bond motifs is 4. The molecule has 0 spiro atoms. The first kappa shape index (κ1) is 15.9. The van der Waals surface area contributed by atoms with Crippen LogP contribution in [-0.4, -0.2) is 56.9 Å². The van der Waals surface area contributed by atoms with Crippen molar-refractivity contribution in [2.45, 2.75) is 18.9 Å². The summed E-state index contributed by atoms with van der Waals surface area (Å²) in [5, 5.41) is 7.06.